The van der Waals surface area contributed by atoms with Gasteiger partial charge in [0, 0.05) is 30.9 Å². The van der Waals surface area contributed by atoms with E-state index in [1.165, 1.54) is 18.2 Å². The number of ether oxygens (including phenoxy) is 1. The van der Waals surface area contributed by atoms with E-state index in [0.29, 0.717) is 30.3 Å². The Morgan fingerprint density at radius 1 is 1.12 bits per heavy atom. The van der Waals surface area contributed by atoms with Gasteiger partial charge in [0.1, 0.15) is 11.5 Å². The van der Waals surface area contributed by atoms with Gasteiger partial charge in [-0.2, -0.15) is 13.2 Å². The molecular formula is C25H22ClF3N2O3. The average Bonchev–Trinajstić information content (AvgIpc) is 2.81. The van der Waals surface area contributed by atoms with Crippen LogP contribution in [0.4, 0.5) is 13.2 Å². The summed E-state index contributed by atoms with van der Waals surface area (Å²) in [7, 11) is 0. The number of likely N-dealkylation sites (tertiary alicyclic amines) is 1. The lowest BCUT2D eigenvalue weighted by atomic mass is 9.90. The Balaban J connectivity index is 1.32. The van der Waals surface area contributed by atoms with Gasteiger partial charge in [0.15, 0.2) is 0 Å². The number of nitrogens with zero attached hydrogens (tertiary/aromatic N) is 2. The third-order valence-electron chi connectivity index (χ3n) is 5.80. The van der Waals surface area contributed by atoms with Crippen molar-refractivity contribution in [3.05, 3.63) is 82.5 Å². The Bertz CT molecular complexity index is 1160. The van der Waals surface area contributed by atoms with Gasteiger partial charge in [0.05, 0.1) is 10.6 Å². The van der Waals surface area contributed by atoms with Gasteiger partial charge in [-0.25, -0.2) is 4.98 Å². The summed E-state index contributed by atoms with van der Waals surface area (Å²) in [6.45, 7) is 1.22. The van der Waals surface area contributed by atoms with E-state index in [9.17, 15) is 23.1 Å². The quantitative estimate of drug-likeness (QED) is 0.453. The second-order valence-corrected chi connectivity index (χ2v) is 8.65. The molecule has 0 bridgehead atoms. The highest BCUT2D eigenvalue weighted by atomic mass is 35.5. The maximum absolute atomic E-state index is 12.7. The topological polar surface area (TPSA) is 62.7 Å². The van der Waals surface area contributed by atoms with Crippen molar-refractivity contribution in [2.45, 2.75) is 25.4 Å². The van der Waals surface area contributed by atoms with Gasteiger partial charge in [0.2, 0.25) is 5.88 Å². The van der Waals surface area contributed by atoms with Crippen LogP contribution in [0.1, 0.15) is 34.3 Å². The fourth-order valence-electron chi connectivity index (χ4n) is 3.97. The summed E-state index contributed by atoms with van der Waals surface area (Å²) in [5.74, 6) is 0.716. The molecule has 1 aliphatic rings. The van der Waals surface area contributed by atoms with Crippen molar-refractivity contribution in [1.82, 2.24) is 9.88 Å². The molecule has 1 N–H and O–H groups in total. The zero-order chi connectivity index (χ0) is 24.3. The smallest absolute Gasteiger partial charge is 0.417 e. The van der Waals surface area contributed by atoms with Crippen LogP contribution in [0.5, 0.6) is 17.4 Å². The number of amides is 1. The number of alkyl halides is 3. The maximum atomic E-state index is 12.7. The van der Waals surface area contributed by atoms with Gasteiger partial charge in [-0.1, -0.05) is 23.7 Å². The highest BCUT2D eigenvalue weighted by Gasteiger charge is 2.30. The summed E-state index contributed by atoms with van der Waals surface area (Å²) >= 11 is 5.82. The summed E-state index contributed by atoms with van der Waals surface area (Å²) in [6, 6.07) is 14.0. The molecule has 1 saturated heterocycles. The SMILES string of the molecule is O=C(c1ccc(Cl)c(O)c1)N1CCC(Cc2cccc(Oc3ccc(C(F)(F)F)cn3)c2)CC1. The highest BCUT2D eigenvalue weighted by molar-refractivity contribution is 6.32. The molecule has 1 amide bonds. The molecule has 3 aromatic rings. The predicted molar refractivity (Wildman–Crippen MR) is 121 cm³/mol. The van der Waals surface area contributed by atoms with Crippen molar-refractivity contribution >= 4 is 17.5 Å². The lowest BCUT2D eigenvalue weighted by Crippen LogP contribution is -2.38. The highest BCUT2D eigenvalue weighted by Crippen LogP contribution is 2.31. The minimum atomic E-state index is -4.44. The van der Waals surface area contributed by atoms with E-state index in [4.69, 9.17) is 16.3 Å². The first-order valence-corrected chi connectivity index (χ1v) is 11.1. The normalized spacial score (nSPS) is 14.8. The number of aromatic hydroxyl groups is 1. The Labute approximate surface area is 199 Å². The van der Waals surface area contributed by atoms with Crippen LogP contribution in [0.3, 0.4) is 0 Å². The number of benzene rings is 2. The van der Waals surface area contributed by atoms with Crippen molar-refractivity contribution in [2.75, 3.05) is 13.1 Å². The number of pyridine rings is 1. The first-order chi connectivity index (χ1) is 16.2. The molecule has 1 aliphatic heterocycles. The molecule has 1 aromatic heterocycles. The number of aromatic nitrogens is 1. The van der Waals surface area contributed by atoms with Gasteiger partial charge in [-0.3, -0.25) is 4.79 Å². The second-order valence-electron chi connectivity index (χ2n) is 8.24. The molecule has 4 rings (SSSR count). The summed E-state index contributed by atoms with van der Waals surface area (Å²) in [4.78, 5) is 18.2. The van der Waals surface area contributed by atoms with Crippen LogP contribution in [0, 0.1) is 5.92 Å². The van der Waals surface area contributed by atoms with Crippen LogP contribution in [0.25, 0.3) is 0 Å². The number of rotatable bonds is 5. The molecular weight excluding hydrogens is 469 g/mol. The minimum absolute atomic E-state index is 0.0882. The number of hydrogen-bond donors (Lipinski definition) is 1. The van der Waals surface area contributed by atoms with Gasteiger partial charge in [-0.15, -0.1) is 0 Å². The summed E-state index contributed by atoms with van der Waals surface area (Å²) in [5.41, 5.74) is 0.616. The molecule has 2 heterocycles. The van der Waals surface area contributed by atoms with Crippen molar-refractivity contribution in [1.29, 1.82) is 0 Å². The van der Waals surface area contributed by atoms with Crippen molar-refractivity contribution < 1.29 is 27.8 Å². The standard InChI is InChI=1S/C25H22ClF3N2O3/c26-21-6-4-18(14-22(21)32)24(33)31-10-8-16(9-11-31)12-17-2-1-3-20(13-17)34-23-7-5-19(15-30-23)25(27,28)29/h1-7,13-16,32H,8-12H2. The Morgan fingerprint density at radius 2 is 1.88 bits per heavy atom. The summed E-state index contributed by atoms with van der Waals surface area (Å²) in [6.07, 6.45) is -1.24. The van der Waals surface area contributed by atoms with Gasteiger partial charge in [0.25, 0.3) is 5.91 Å². The van der Waals surface area contributed by atoms with Crippen molar-refractivity contribution in [2.24, 2.45) is 5.92 Å². The molecule has 0 unspecified atom stereocenters. The number of halogens is 4. The van der Waals surface area contributed by atoms with E-state index in [-0.39, 0.29) is 22.6 Å². The molecule has 1 fully saturated rings. The first-order valence-electron chi connectivity index (χ1n) is 10.8. The predicted octanol–water partition coefficient (Wildman–Crippen LogP) is 6.35. The van der Waals surface area contributed by atoms with Crippen LogP contribution in [0.15, 0.2) is 60.8 Å². The van der Waals surface area contributed by atoms with E-state index < -0.39 is 11.7 Å². The summed E-state index contributed by atoms with van der Waals surface area (Å²) in [5, 5.41) is 9.96. The molecule has 0 saturated carbocycles. The number of hydrogen-bond acceptors (Lipinski definition) is 4. The third kappa shape index (κ3) is 5.80. The lowest BCUT2D eigenvalue weighted by molar-refractivity contribution is -0.137. The number of carbonyl (C=O) groups excluding carboxylic acids is 1. The largest absolute Gasteiger partial charge is 0.506 e. The monoisotopic (exact) mass is 490 g/mol. The van der Waals surface area contributed by atoms with Crippen LogP contribution >= 0.6 is 11.6 Å². The van der Waals surface area contributed by atoms with Gasteiger partial charge in [-0.05, 0) is 67.1 Å². The molecule has 178 valence electrons. The fourth-order valence-corrected chi connectivity index (χ4v) is 4.08. The van der Waals surface area contributed by atoms with E-state index in [1.54, 1.807) is 17.0 Å². The Kier molecular flexibility index (Phi) is 6.97. The molecule has 2 aromatic carbocycles. The fraction of sp³-hybridized carbons (Fsp3) is 0.280. The number of phenols is 1. The van der Waals surface area contributed by atoms with Crippen LogP contribution in [0.2, 0.25) is 5.02 Å². The number of carbonyl (C=O) groups is 1. The van der Waals surface area contributed by atoms with Crippen LogP contribution in [-0.2, 0) is 12.6 Å². The zero-order valence-corrected chi connectivity index (χ0v) is 18.8. The van der Waals surface area contributed by atoms with Crippen LogP contribution < -0.4 is 4.74 Å². The molecule has 0 aliphatic carbocycles. The van der Waals surface area contributed by atoms with Crippen molar-refractivity contribution in [3.8, 4) is 17.4 Å². The average molecular weight is 491 g/mol. The molecule has 34 heavy (non-hydrogen) atoms. The Hall–Kier alpha value is -3.26. The molecule has 9 heteroatoms. The molecule has 5 nitrogen and oxygen atoms in total. The van der Waals surface area contributed by atoms with Crippen molar-refractivity contribution in [3.63, 3.8) is 0 Å². The van der Waals surface area contributed by atoms with Gasteiger partial charge >= 0.3 is 6.18 Å². The van der Waals surface area contributed by atoms with E-state index >= 15 is 0 Å². The summed E-state index contributed by atoms with van der Waals surface area (Å²) < 4.78 is 43.7. The second kappa shape index (κ2) is 9.93. The third-order valence-corrected chi connectivity index (χ3v) is 6.12. The first kappa shape index (κ1) is 23.9. The lowest BCUT2D eigenvalue weighted by Gasteiger charge is -2.32. The Morgan fingerprint density at radius 3 is 2.53 bits per heavy atom. The van der Waals surface area contributed by atoms with E-state index in [1.807, 2.05) is 18.2 Å². The molecule has 0 radical (unpaired) electrons. The molecule has 0 atom stereocenters. The zero-order valence-electron chi connectivity index (χ0n) is 18.1. The number of piperidine rings is 1. The van der Waals surface area contributed by atoms with Crippen LogP contribution in [-0.4, -0.2) is 34.0 Å². The van der Waals surface area contributed by atoms with E-state index in [0.717, 1.165) is 37.1 Å². The molecule has 0 spiro atoms. The minimum Gasteiger partial charge on any atom is -0.506 e. The van der Waals surface area contributed by atoms with Gasteiger partial charge < -0.3 is 14.7 Å². The number of phenolic OH excluding ortho intramolecular Hbond substituents is 1. The van der Waals surface area contributed by atoms with E-state index in [2.05, 4.69) is 4.98 Å². The maximum Gasteiger partial charge on any atom is 0.417 e.